The van der Waals surface area contributed by atoms with Crippen LogP contribution in [0, 0.1) is 50.2 Å². The van der Waals surface area contributed by atoms with Crippen molar-refractivity contribution >= 4 is 0 Å². The van der Waals surface area contributed by atoms with Crippen LogP contribution in [-0.2, 0) is 0 Å². The van der Waals surface area contributed by atoms with Crippen LogP contribution >= 0.6 is 0 Å². The third kappa shape index (κ3) is 3.24. The minimum absolute atomic E-state index is 0.104. The highest BCUT2D eigenvalue weighted by molar-refractivity contribution is 5.19. The standard InChI is InChI=1S/C33H51N3O3/c1-28(2)19-10-13-31(28,7)22(16-19)37-25-34-26(38-23-17-20-11-14-32(23,8)29(20,3)4)36-27(35-25)39-24-18-21-12-15-33(24,9)30(21,5)6/h19-24H,10-18H2,1-9H3. The molecule has 0 radical (unpaired) electrons. The molecule has 9 atom stereocenters. The zero-order valence-electron chi connectivity index (χ0n) is 25.9. The van der Waals surface area contributed by atoms with Crippen LogP contribution in [0.4, 0.5) is 0 Å². The average molecular weight is 538 g/mol. The van der Waals surface area contributed by atoms with Crippen molar-refractivity contribution in [2.24, 2.45) is 50.2 Å². The SMILES string of the molecule is CC1(C)C2CCC1(C)C(Oc1nc(OC3CC4CCC3(C)C4(C)C)nc(OC3CC4CCC3(C)C4(C)C)n1)C2. The molecule has 39 heavy (non-hydrogen) atoms. The minimum atomic E-state index is 0.104. The Kier molecular flexibility index (Phi) is 5.28. The molecule has 6 fully saturated rings. The Bertz CT molecular complexity index is 1030. The molecule has 0 amide bonds. The molecule has 1 heterocycles. The predicted molar refractivity (Wildman–Crippen MR) is 151 cm³/mol. The van der Waals surface area contributed by atoms with E-state index in [1.165, 1.54) is 38.5 Å². The molecule has 7 rings (SSSR count). The quantitative estimate of drug-likeness (QED) is 0.371. The third-order valence-corrected chi connectivity index (χ3v) is 15.5. The molecular weight excluding hydrogens is 486 g/mol. The average Bonchev–Trinajstić information content (AvgIpc) is 3.49. The minimum Gasteiger partial charge on any atom is -0.459 e. The number of hydrogen-bond acceptors (Lipinski definition) is 6. The number of aromatic nitrogens is 3. The van der Waals surface area contributed by atoms with E-state index in [2.05, 4.69) is 62.3 Å². The lowest BCUT2D eigenvalue weighted by atomic mass is 9.70. The Morgan fingerprint density at radius 1 is 0.462 bits per heavy atom. The number of nitrogens with zero attached hydrogens (tertiary/aromatic N) is 3. The molecule has 6 nitrogen and oxygen atoms in total. The van der Waals surface area contributed by atoms with Crippen molar-refractivity contribution < 1.29 is 14.2 Å². The largest absolute Gasteiger partial charge is 0.459 e. The summed E-state index contributed by atoms with van der Waals surface area (Å²) in [5.41, 5.74) is 1.14. The Balaban J connectivity index is 1.19. The lowest BCUT2D eigenvalue weighted by molar-refractivity contribution is 0.00654. The maximum absolute atomic E-state index is 6.69. The lowest BCUT2D eigenvalue weighted by Crippen LogP contribution is -2.40. The van der Waals surface area contributed by atoms with Crippen LogP contribution in [0.15, 0.2) is 0 Å². The van der Waals surface area contributed by atoms with Gasteiger partial charge in [0.1, 0.15) is 18.3 Å². The van der Waals surface area contributed by atoms with E-state index in [-0.39, 0.29) is 50.8 Å². The summed E-state index contributed by atoms with van der Waals surface area (Å²) in [7, 11) is 0. The smallest absolute Gasteiger partial charge is 0.326 e. The van der Waals surface area contributed by atoms with E-state index < -0.39 is 0 Å². The highest BCUT2D eigenvalue weighted by Gasteiger charge is 2.65. The second kappa shape index (κ2) is 7.82. The monoisotopic (exact) mass is 537 g/mol. The van der Waals surface area contributed by atoms with Gasteiger partial charge in [0.25, 0.3) is 0 Å². The van der Waals surface area contributed by atoms with E-state index in [0.717, 1.165) is 19.3 Å². The first kappa shape index (κ1) is 26.3. The summed E-state index contributed by atoms with van der Waals surface area (Å²) in [6, 6.07) is 1.14. The molecule has 0 aliphatic heterocycles. The summed E-state index contributed by atoms with van der Waals surface area (Å²) in [6.45, 7) is 21.7. The van der Waals surface area contributed by atoms with Gasteiger partial charge in [-0.2, -0.15) is 0 Å². The number of ether oxygens (including phenoxy) is 3. The molecule has 216 valence electrons. The predicted octanol–water partition coefficient (Wildman–Crippen LogP) is 7.65. The molecule has 6 aliphatic rings. The maximum Gasteiger partial charge on any atom is 0.326 e. The van der Waals surface area contributed by atoms with E-state index in [0.29, 0.717) is 35.8 Å². The van der Waals surface area contributed by atoms with E-state index in [1.54, 1.807) is 0 Å². The van der Waals surface area contributed by atoms with Crippen molar-refractivity contribution in [3.05, 3.63) is 0 Å². The van der Waals surface area contributed by atoms with Gasteiger partial charge in [0.2, 0.25) is 0 Å². The van der Waals surface area contributed by atoms with Gasteiger partial charge in [0.05, 0.1) is 0 Å². The van der Waals surface area contributed by atoms with E-state index in [4.69, 9.17) is 29.2 Å². The van der Waals surface area contributed by atoms with Crippen molar-refractivity contribution in [3.8, 4) is 18.0 Å². The summed E-state index contributed by atoms with van der Waals surface area (Å²) in [5, 5.41) is 0. The first-order valence-corrected chi connectivity index (χ1v) is 15.9. The summed E-state index contributed by atoms with van der Waals surface area (Å²) >= 11 is 0. The summed E-state index contributed by atoms with van der Waals surface area (Å²) in [4.78, 5) is 14.4. The molecule has 6 saturated carbocycles. The summed E-state index contributed by atoms with van der Waals surface area (Å²) < 4.78 is 20.1. The number of hydrogen-bond donors (Lipinski definition) is 0. The summed E-state index contributed by atoms with van der Waals surface area (Å²) in [5.74, 6) is 2.06. The van der Waals surface area contributed by atoms with Gasteiger partial charge >= 0.3 is 18.0 Å². The fourth-order valence-electron chi connectivity index (χ4n) is 10.8. The molecule has 1 aromatic rings. The molecule has 0 saturated heterocycles. The van der Waals surface area contributed by atoms with Gasteiger partial charge in [-0.1, -0.05) is 62.3 Å². The van der Waals surface area contributed by atoms with Crippen LogP contribution < -0.4 is 14.2 Å². The van der Waals surface area contributed by atoms with Gasteiger partial charge in [-0.05, 0) is 91.8 Å². The third-order valence-electron chi connectivity index (χ3n) is 15.5. The van der Waals surface area contributed by atoms with E-state index in [9.17, 15) is 0 Å². The first-order chi connectivity index (χ1) is 18.1. The van der Waals surface area contributed by atoms with Crippen molar-refractivity contribution in [1.82, 2.24) is 15.0 Å². The van der Waals surface area contributed by atoms with Gasteiger partial charge in [0, 0.05) is 16.2 Å². The Morgan fingerprint density at radius 3 is 0.897 bits per heavy atom. The summed E-state index contributed by atoms with van der Waals surface area (Å²) in [6.07, 6.45) is 11.0. The molecule has 0 spiro atoms. The van der Waals surface area contributed by atoms with Crippen molar-refractivity contribution in [1.29, 1.82) is 0 Å². The normalized spacial score (nSPS) is 47.6. The Morgan fingerprint density at radius 2 is 0.718 bits per heavy atom. The van der Waals surface area contributed by atoms with Crippen molar-refractivity contribution in [2.45, 2.75) is 138 Å². The van der Waals surface area contributed by atoms with Gasteiger partial charge < -0.3 is 14.2 Å². The Hall–Kier alpha value is -1.59. The van der Waals surface area contributed by atoms with Crippen LogP contribution in [0.1, 0.15) is 120 Å². The van der Waals surface area contributed by atoms with E-state index in [1.807, 2.05) is 0 Å². The van der Waals surface area contributed by atoms with Gasteiger partial charge in [0.15, 0.2) is 0 Å². The lowest BCUT2D eigenvalue weighted by Gasteiger charge is -2.39. The van der Waals surface area contributed by atoms with Gasteiger partial charge in [-0.3, -0.25) is 0 Å². The number of rotatable bonds is 6. The number of fused-ring (bicyclic) bond motifs is 6. The fraction of sp³-hybridized carbons (Fsp3) is 0.909. The van der Waals surface area contributed by atoms with Crippen LogP contribution in [0.25, 0.3) is 0 Å². The van der Waals surface area contributed by atoms with Gasteiger partial charge in [-0.25, -0.2) is 0 Å². The molecule has 6 bridgehead atoms. The van der Waals surface area contributed by atoms with E-state index >= 15 is 0 Å². The first-order valence-electron chi connectivity index (χ1n) is 15.9. The molecular formula is C33H51N3O3. The molecule has 0 aromatic carbocycles. The van der Waals surface area contributed by atoms with Crippen molar-refractivity contribution in [3.63, 3.8) is 0 Å². The van der Waals surface area contributed by atoms with Crippen LogP contribution in [0.2, 0.25) is 0 Å². The molecule has 1 aromatic heterocycles. The zero-order valence-corrected chi connectivity index (χ0v) is 25.9. The molecule has 9 unspecified atom stereocenters. The fourth-order valence-corrected chi connectivity index (χ4v) is 10.8. The highest BCUT2D eigenvalue weighted by Crippen LogP contribution is 2.68. The highest BCUT2D eigenvalue weighted by atomic mass is 16.5. The maximum atomic E-state index is 6.69. The zero-order chi connectivity index (χ0) is 27.8. The van der Waals surface area contributed by atoms with Crippen LogP contribution in [-0.4, -0.2) is 33.3 Å². The molecule has 6 heteroatoms. The van der Waals surface area contributed by atoms with Crippen LogP contribution in [0.5, 0.6) is 18.0 Å². The molecule has 6 aliphatic carbocycles. The molecule has 0 N–H and O–H groups in total. The van der Waals surface area contributed by atoms with Gasteiger partial charge in [-0.15, -0.1) is 15.0 Å². The Labute approximate surface area is 235 Å². The second-order valence-electron chi connectivity index (χ2n) is 16.8. The topological polar surface area (TPSA) is 66.4 Å². The van der Waals surface area contributed by atoms with Crippen LogP contribution in [0.3, 0.4) is 0 Å². The second-order valence-corrected chi connectivity index (χ2v) is 16.8. The van der Waals surface area contributed by atoms with Crippen molar-refractivity contribution in [2.75, 3.05) is 0 Å².